The van der Waals surface area contributed by atoms with Crippen molar-refractivity contribution in [2.75, 3.05) is 37.3 Å². The summed E-state index contributed by atoms with van der Waals surface area (Å²) >= 11 is 0. The number of ether oxygens (including phenoxy) is 1. The lowest BCUT2D eigenvalue weighted by atomic mass is 10.2. The molecule has 176 valence electrons. The summed E-state index contributed by atoms with van der Waals surface area (Å²) in [6.45, 7) is 1.84. The maximum atomic E-state index is 13.0. The molecule has 11 heteroatoms. The molecular weight excluding hydrogens is 448 g/mol. The number of para-hydroxylation sites is 2. The number of carbonyl (C=O) groups is 3. The lowest BCUT2D eigenvalue weighted by Gasteiger charge is -2.15. The molecule has 1 fully saturated rings. The van der Waals surface area contributed by atoms with Crippen molar-refractivity contribution in [3.8, 4) is 5.75 Å². The van der Waals surface area contributed by atoms with Gasteiger partial charge in [-0.3, -0.25) is 19.2 Å². The Balaban J connectivity index is 1.65. The molecule has 1 aliphatic rings. The molecule has 33 heavy (non-hydrogen) atoms. The number of anilines is 2. The van der Waals surface area contributed by atoms with E-state index in [1.165, 1.54) is 18.1 Å². The Labute approximate surface area is 192 Å². The number of sulfonamides is 1. The normalized spacial score (nSPS) is 13.9. The third-order valence-corrected chi connectivity index (χ3v) is 6.64. The summed E-state index contributed by atoms with van der Waals surface area (Å²) in [5, 5.41) is 2.67. The zero-order valence-corrected chi connectivity index (χ0v) is 19.4. The predicted octanol–water partition coefficient (Wildman–Crippen LogP) is 2.42. The number of likely N-dealkylation sites (N-methyl/N-ethyl adjacent to an activating group) is 1. The quantitative estimate of drug-likeness (QED) is 0.538. The first-order valence-electron chi connectivity index (χ1n) is 10.2. The first-order valence-corrected chi connectivity index (χ1v) is 11.7. The van der Waals surface area contributed by atoms with E-state index in [0.29, 0.717) is 29.1 Å². The van der Waals surface area contributed by atoms with E-state index in [1.54, 1.807) is 50.4 Å². The first-order chi connectivity index (χ1) is 15.6. The van der Waals surface area contributed by atoms with Crippen LogP contribution < -0.4 is 14.8 Å². The smallest absolute Gasteiger partial charge is 0.326 e. The standard InChI is InChI=1S/C22H26N4O6S/c1-15-10-11-16(23-20(27)9-6-12-26-21(28)14-25(2)22(26)29)13-19(15)33(30,31)24-17-7-4-5-8-18(17)32-3/h4-5,7-8,10-11,13,24H,6,9,12,14H2,1-3H3,(H,23,27). The summed E-state index contributed by atoms with van der Waals surface area (Å²) in [6.07, 6.45) is 0.361. The van der Waals surface area contributed by atoms with Crippen molar-refractivity contribution >= 4 is 39.2 Å². The number of imide groups is 1. The lowest BCUT2D eigenvalue weighted by molar-refractivity contribution is -0.125. The van der Waals surface area contributed by atoms with Crippen LogP contribution in [0.25, 0.3) is 0 Å². The Morgan fingerprint density at radius 1 is 1.15 bits per heavy atom. The number of methoxy groups -OCH3 is 1. The van der Waals surface area contributed by atoms with Gasteiger partial charge in [-0.1, -0.05) is 18.2 Å². The molecule has 2 N–H and O–H groups in total. The van der Waals surface area contributed by atoms with Gasteiger partial charge in [0.15, 0.2) is 0 Å². The second-order valence-corrected chi connectivity index (χ2v) is 9.27. The third kappa shape index (κ3) is 5.61. The Hall–Kier alpha value is -3.60. The number of rotatable bonds is 9. The van der Waals surface area contributed by atoms with E-state index in [4.69, 9.17) is 4.74 Å². The van der Waals surface area contributed by atoms with Gasteiger partial charge in [0.05, 0.1) is 17.7 Å². The second-order valence-electron chi connectivity index (χ2n) is 7.62. The van der Waals surface area contributed by atoms with Gasteiger partial charge >= 0.3 is 6.03 Å². The van der Waals surface area contributed by atoms with Crippen molar-refractivity contribution in [3.63, 3.8) is 0 Å². The summed E-state index contributed by atoms with van der Waals surface area (Å²) in [7, 11) is -0.961. The zero-order chi connectivity index (χ0) is 24.2. The van der Waals surface area contributed by atoms with Crippen LogP contribution in [0.15, 0.2) is 47.4 Å². The minimum absolute atomic E-state index is 0.0162. The zero-order valence-electron chi connectivity index (χ0n) is 18.6. The van der Waals surface area contributed by atoms with Gasteiger partial charge in [-0.15, -0.1) is 0 Å². The van der Waals surface area contributed by atoms with Gasteiger partial charge in [0.2, 0.25) is 11.8 Å². The molecule has 0 aliphatic carbocycles. The fourth-order valence-corrected chi connectivity index (χ4v) is 4.75. The van der Waals surface area contributed by atoms with Gasteiger partial charge in [0.1, 0.15) is 12.3 Å². The van der Waals surface area contributed by atoms with Crippen LogP contribution in [0, 0.1) is 6.92 Å². The molecule has 0 aromatic heterocycles. The average Bonchev–Trinajstić information content (AvgIpc) is 3.01. The maximum Gasteiger partial charge on any atom is 0.326 e. The second kappa shape index (κ2) is 9.90. The van der Waals surface area contributed by atoms with Crippen molar-refractivity contribution in [2.45, 2.75) is 24.7 Å². The predicted molar refractivity (Wildman–Crippen MR) is 123 cm³/mol. The van der Waals surface area contributed by atoms with Crippen molar-refractivity contribution < 1.29 is 27.5 Å². The van der Waals surface area contributed by atoms with Crippen molar-refractivity contribution in [3.05, 3.63) is 48.0 Å². The van der Waals surface area contributed by atoms with Gasteiger partial charge in [0, 0.05) is 25.7 Å². The number of aryl methyl sites for hydroxylation is 1. The molecule has 2 aromatic carbocycles. The van der Waals surface area contributed by atoms with Crippen LogP contribution in [0.1, 0.15) is 18.4 Å². The highest BCUT2D eigenvalue weighted by molar-refractivity contribution is 7.92. The van der Waals surface area contributed by atoms with Crippen molar-refractivity contribution in [1.82, 2.24) is 9.80 Å². The minimum atomic E-state index is -3.95. The third-order valence-electron chi connectivity index (χ3n) is 5.13. The molecule has 0 spiro atoms. The highest BCUT2D eigenvalue weighted by atomic mass is 32.2. The summed E-state index contributed by atoms with van der Waals surface area (Å²) in [5.74, 6) is -0.268. The number of nitrogens with zero attached hydrogens (tertiary/aromatic N) is 2. The van der Waals surface area contributed by atoms with Crippen LogP contribution in [0.5, 0.6) is 5.75 Å². The SMILES string of the molecule is COc1ccccc1NS(=O)(=O)c1cc(NC(=O)CCCN2C(=O)CN(C)C2=O)ccc1C. The van der Waals surface area contributed by atoms with E-state index in [9.17, 15) is 22.8 Å². The van der Waals surface area contributed by atoms with Crippen LogP contribution in [0.4, 0.5) is 16.2 Å². The Morgan fingerprint density at radius 2 is 1.88 bits per heavy atom. The summed E-state index contributed by atoms with van der Waals surface area (Å²) in [6, 6.07) is 10.9. The van der Waals surface area contributed by atoms with Crippen LogP contribution >= 0.6 is 0 Å². The topological polar surface area (TPSA) is 125 Å². The van der Waals surface area contributed by atoms with Crippen molar-refractivity contribution in [2.24, 2.45) is 0 Å². The molecule has 0 radical (unpaired) electrons. The summed E-state index contributed by atoms with van der Waals surface area (Å²) in [5.41, 5.74) is 1.12. The van der Waals surface area contributed by atoms with E-state index in [-0.39, 0.29) is 42.3 Å². The molecule has 0 saturated carbocycles. The van der Waals surface area contributed by atoms with Crippen LogP contribution in [0.2, 0.25) is 0 Å². The maximum absolute atomic E-state index is 13.0. The van der Waals surface area contributed by atoms with Gasteiger partial charge in [-0.2, -0.15) is 0 Å². The molecule has 0 unspecified atom stereocenters. The van der Waals surface area contributed by atoms with Gasteiger partial charge in [-0.05, 0) is 43.2 Å². The van der Waals surface area contributed by atoms with E-state index in [1.807, 2.05) is 0 Å². The Bertz CT molecular complexity index is 1180. The molecule has 1 heterocycles. The fraction of sp³-hybridized carbons (Fsp3) is 0.318. The molecule has 1 saturated heterocycles. The Morgan fingerprint density at radius 3 is 2.55 bits per heavy atom. The largest absolute Gasteiger partial charge is 0.495 e. The van der Waals surface area contributed by atoms with E-state index in [2.05, 4.69) is 10.0 Å². The number of nitrogens with one attached hydrogen (secondary N) is 2. The highest BCUT2D eigenvalue weighted by Gasteiger charge is 2.32. The molecule has 1 aliphatic heterocycles. The molecule has 0 bridgehead atoms. The van der Waals surface area contributed by atoms with Crippen LogP contribution in [-0.4, -0.2) is 63.3 Å². The molecule has 4 amide bonds. The number of hydrogen-bond donors (Lipinski definition) is 2. The monoisotopic (exact) mass is 474 g/mol. The first kappa shape index (κ1) is 24.1. The summed E-state index contributed by atoms with van der Waals surface area (Å²) in [4.78, 5) is 38.5. The minimum Gasteiger partial charge on any atom is -0.495 e. The lowest BCUT2D eigenvalue weighted by Crippen LogP contribution is -2.32. The summed E-state index contributed by atoms with van der Waals surface area (Å²) < 4.78 is 33.7. The van der Waals surface area contributed by atoms with Crippen LogP contribution in [-0.2, 0) is 19.6 Å². The van der Waals surface area contributed by atoms with Crippen LogP contribution in [0.3, 0.4) is 0 Å². The number of urea groups is 1. The van der Waals surface area contributed by atoms with E-state index in [0.717, 1.165) is 4.90 Å². The molecule has 10 nitrogen and oxygen atoms in total. The molecular formula is C22H26N4O6S. The van der Waals surface area contributed by atoms with Gasteiger partial charge in [-0.25, -0.2) is 13.2 Å². The highest BCUT2D eigenvalue weighted by Crippen LogP contribution is 2.28. The molecule has 3 rings (SSSR count). The number of amides is 4. The molecule has 2 aromatic rings. The van der Waals surface area contributed by atoms with E-state index >= 15 is 0 Å². The molecule has 0 atom stereocenters. The Kier molecular flexibility index (Phi) is 7.22. The number of hydrogen-bond acceptors (Lipinski definition) is 6. The van der Waals surface area contributed by atoms with E-state index < -0.39 is 10.0 Å². The fourth-order valence-electron chi connectivity index (χ4n) is 3.41. The number of benzene rings is 2. The van der Waals surface area contributed by atoms with Gasteiger partial charge in [0.25, 0.3) is 10.0 Å². The number of carbonyl (C=O) groups excluding carboxylic acids is 3. The van der Waals surface area contributed by atoms with Gasteiger partial charge < -0.3 is 15.0 Å². The average molecular weight is 475 g/mol. The van der Waals surface area contributed by atoms with Crippen molar-refractivity contribution in [1.29, 1.82) is 0 Å².